The monoisotopic (exact) mass is 187 g/mol. The van der Waals surface area contributed by atoms with E-state index in [4.69, 9.17) is 0 Å². The Hall–Kier alpha value is -0.750. The van der Waals surface area contributed by atoms with E-state index >= 15 is 0 Å². The van der Waals surface area contributed by atoms with Crippen LogP contribution >= 0.6 is 21.8 Å². The summed E-state index contributed by atoms with van der Waals surface area (Å²) in [6.45, 7) is 0. The van der Waals surface area contributed by atoms with Gasteiger partial charge in [0, 0.05) is 17.0 Å². The highest BCUT2D eigenvalue weighted by Gasteiger charge is 2.03. The van der Waals surface area contributed by atoms with Crippen LogP contribution in [0.15, 0.2) is 23.2 Å². The standard InChI is InChI=1S/C5H3N2O2S2/c8-7(9)11-10-5-2-1-3-6-4-5/h1-3H. The van der Waals surface area contributed by atoms with Crippen LogP contribution in [0.4, 0.5) is 0 Å². The van der Waals surface area contributed by atoms with E-state index in [2.05, 4.69) is 11.2 Å². The number of aromatic nitrogens is 1. The highest BCUT2D eigenvalue weighted by Crippen LogP contribution is 2.29. The van der Waals surface area contributed by atoms with E-state index in [1.165, 1.54) is 0 Å². The molecule has 0 aliphatic carbocycles. The fourth-order valence-electron chi connectivity index (χ4n) is 0.429. The molecule has 0 spiro atoms. The molecule has 1 rings (SSSR count). The van der Waals surface area contributed by atoms with Gasteiger partial charge in [-0.25, -0.2) is 10.1 Å². The Balaban J connectivity index is 2.45. The average molecular weight is 187 g/mol. The molecule has 0 saturated carbocycles. The van der Waals surface area contributed by atoms with Crippen molar-refractivity contribution < 1.29 is 4.33 Å². The predicted octanol–water partition coefficient (Wildman–Crippen LogP) is 1.81. The van der Waals surface area contributed by atoms with Gasteiger partial charge in [-0.15, -0.1) is 0 Å². The number of rotatable bonds is 3. The molecule has 0 bridgehead atoms. The van der Waals surface area contributed by atoms with Crippen molar-refractivity contribution in [1.82, 2.24) is 4.98 Å². The van der Waals surface area contributed by atoms with Gasteiger partial charge in [-0.1, -0.05) is 0 Å². The van der Waals surface area contributed by atoms with Gasteiger partial charge in [0.15, 0.2) is 0 Å². The Morgan fingerprint density at radius 1 is 1.73 bits per heavy atom. The van der Waals surface area contributed by atoms with Crippen LogP contribution in [0.5, 0.6) is 0 Å². The van der Waals surface area contributed by atoms with E-state index in [1.807, 2.05) is 0 Å². The lowest BCUT2D eigenvalue weighted by molar-refractivity contribution is -0.280. The summed E-state index contributed by atoms with van der Waals surface area (Å²) in [4.78, 5) is 14.2. The lowest BCUT2D eigenvalue weighted by Gasteiger charge is -1.89. The molecule has 1 radical (unpaired) electrons. The molecule has 1 aromatic rings. The number of nitro groups is 1. The summed E-state index contributed by atoms with van der Waals surface area (Å²) in [6.07, 6.45) is 4.18. The summed E-state index contributed by atoms with van der Waals surface area (Å²) in [7, 11) is 1.58. The molecule has 11 heavy (non-hydrogen) atoms. The van der Waals surface area contributed by atoms with Crippen LogP contribution in [0.25, 0.3) is 0 Å². The van der Waals surface area contributed by atoms with E-state index in [9.17, 15) is 10.1 Å². The van der Waals surface area contributed by atoms with E-state index in [1.54, 1.807) is 18.3 Å². The normalized spacial score (nSPS) is 9.45. The fourth-order valence-corrected chi connectivity index (χ4v) is 1.50. The lowest BCUT2D eigenvalue weighted by atomic mass is 10.5. The summed E-state index contributed by atoms with van der Waals surface area (Å²) < 4.78 is -0.467. The summed E-state index contributed by atoms with van der Waals surface area (Å²) in [5.74, 6) is 0. The maximum Gasteiger partial charge on any atom is 0.305 e. The minimum absolute atomic E-state index is 0.467. The molecule has 0 saturated heterocycles. The zero-order chi connectivity index (χ0) is 8.10. The minimum atomic E-state index is -0.467. The van der Waals surface area contributed by atoms with Crippen molar-refractivity contribution in [1.29, 1.82) is 0 Å². The molecule has 0 aromatic carbocycles. The molecule has 0 aliphatic rings. The second-order valence-corrected chi connectivity index (χ2v) is 3.50. The zero-order valence-electron chi connectivity index (χ0n) is 5.26. The minimum Gasteiger partial charge on any atom is -0.253 e. The van der Waals surface area contributed by atoms with Gasteiger partial charge in [0.1, 0.15) is 10.5 Å². The van der Waals surface area contributed by atoms with Crippen LogP contribution in [-0.2, 0) is 0 Å². The molecule has 0 fully saturated rings. The molecule has 57 valence electrons. The molecule has 1 aromatic heterocycles. The molecular formula is C5H3N2O2S2. The topological polar surface area (TPSA) is 56.0 Å². The number of pyridine rings is 1. The Morgan fingerprint density at radius 3 is 3.09 bits per heavy atom. The molecule has 0 N–H and O–H groups in total. The van der Waals surface area contributed by atoms with Crippen molar-refractivity contribution in [2.45, 2.75) is 4.90 Å². The largest absolute Gasteiger partial charge is 0.305 e. The van der Waals surface area contributed by atoms with Gasteiger partial charge >= 0.3 is 11.0 Å². The first kappa shape index (κ1) is 8.35. The molecule has 0 amide bonds. The summed E-state index contributed by atoms with van der Waals surface area (Å²) in [5, 5.41) is 9.89. The lowest BCUT2D eigenvalue weighted by Crippen LogP contribution is -1.78. The molecule has 6 heteroatoms. The number of nitrogens with zero attached hydrogens (tertiary/aromatic N) is 2. The van der Waals surface area contributed by atoms with Gasteiger partial charge in [0.05, 0.1) is 4.90 Å². The Bertz CT molecular complexity index is 241. The third-order valence-corrected chi connectivity index (χ3v) is 2.50. The zero-order valence-corrected chi connectivity index (χ0v) is 6.89. The van der Waals surface area contributed by atoms with Crippen LogP contribution < -0.4 is 0 Å². The Morgan fingerprint density at radius 2 is 2.55 bits per heavy atom. The van der Waals surface area contributed by atoms with E-state index in [-0.39, 0.29) is 0 Å². The van der Waals surface area contributed by atoms with Crippen LogP contribution in [-0.4, -0.2) is 9.31 Å². The third-order valence-electron chi connectivity index (χ3n) is 0.771. The second kappa shape index (κ2) is 4.20. The Labute approximate surface area is 71.1 Å². The van der Waals surface area contributed by atoms with E-state index < -0.39 is 4.33 Å². The maximum absolute atomic E-state index is 9.89. The number of hydrogen-bond donors (Lipinski definition) is 0. The molecule has 0 unspecified atom stereocenters. The van der Waals surface area contributed by atoms with Crippen LogP contribution in [0.2, 0.25) is 0 Å². The molecule has 4 nitrogen and oxygen atoms in total. The second-order valence-electron chi connectivity index (χ2n) is 1.49. The van der Waals surface area contributed by atoms with Crippen LogP contribution in [0.3, 0.4) is 0 Å². The van der Waals surface area contributed by atoms with Crippen molar-refractivity contribution >= 4 is 21.8 Å². The first-order valence-corrected chi connectivity index (χ1v) is 4.71. The van der Waals surface area contributed by atoms with Crippen molar-refractivity contribution in [3.05, 3.63) is 34.6 Å². The van der Waals surface area contributed by atoms with Crippen molar-refractivity contribution in [2.75, 3.05) is 0 Å². The predicted molar refractivity (Wildman–Crippen MR) is 43.5 cm³/mol. The van der Waals surface area contributed by atoms with Crippen molar-refractivity contribution in [3.63, 3.8) is 0 Å². The van der Waals surface area contributed by atoms with Gasteiger partial charge in [0.25, 0.3) is 0 Å². The van der Waals surface area contributed by atoms with E-state index in [0.717, 1.165) is 10.8 Å². The maximum atomic E-state index is 9.89. The van der Waals surface area contributed by atoms with Crippen molar-refractivity contribution in [3.8, 4) is 0 Å². The molecule has 1 heterocycles. The summed E-state index contributed by atoms with van der Waals surface area (Å²) >= 11 is 0. The average Bonchev–Trinajstić information content (AvgIpc) is 2.03. The first-order valence-electron chi connectivity index (χ1n) is 2.61. The van der Waals surface area contributed by atoms with E-state index in [0.29, 0.717) is 15.9 Å². The van der Waals surface area contributed by atoms with Crippen LogP contribution in [0, 0.1) is 16.3 Å². The fraction of sp³-hybridized carbons (Fsp3) is 0. The SMILES string of the molecule is O=[N+]([O-])SSc1[c]nccc1. The van der Waals surface area contributed by atoms with Gasteiger partial charge < -0.3 is 0 Å². The van der Waals surface area contributed by atoms with Gasteiger partial charge in [-0.2, -0.15) is 0 Å². The van der Waals surface area contributed by atoms with Crippen molar-refractivity contribution in [2.24, 2.45) is 0 Å². The quantitative estimate of drug-likeness (QED) is 0.312. The first-order chi connectivity index (χ1) is 5.29. The van der Waals surface area contributed by atoms with Gasteiger partial charge in [0.2, 0.25) is 0 Å². The molecule has 0 atom stereocenters. The highest BCUT2D eigenvalue weighted by atomic mass is 33.1. The third kappa shape index (κ3) is 3.24. The molecular weight excluding hydrogens is 184 g/mol. The number of hydrogen-bond acceptors (Lipinski definition) is 5. The summed E-state index contributed by atoms with van der Waals surface area (Å²) in [6, 6.07) is 3.42. The highest BCUT2D eigenvalue weighted by molar-refractivity contribution is 8.74. The summed E-state index contributed by atoms with van der Waals surface area (Å²) in [5.41, 5.74) is 0. The molecule has 0 aliphatic heterocycles. The Kier molecular flexibility index (Phi) is 3.18. The van der Waals surface area contributed by atoms with Crippen LogP contribution in [0.1, 0.15) is 0 Å². The van der Waals surface area contributed by atoms with Gasteiger partial charge in [-0.05, 0) is 12.1 Å². The van der Waals surface area contributed by atoms with Gasteiger partial charge in [-0.3, -0.25) is 4.98 Å². The smallest absolute Gasteiger partial charge is 0.253 e.